The number of hydrogen-bond donors (Lipinski definition) is 0. The molecule has 0 bridgehead atoms. The first-order valence-electron chi connectivity index (χ1n) is 8.05. The Morgan fingerprint density at radius 3 is 2.38 bits per heavy atom. The Morgan fingerprint density at radius 1 is 1.08 bits per heavy atom. The average Bonchev–Trinajstić information content (AvgIpc) is 2.62. The Hall–Kier alpha value is -2.16. The molecule has 0 aliphatic carbocycles. The monoisotopic (exact) mass is 395 g/mol. The van der Waals surface area contributed by atoms with Crippen LogP contribution in [0, 0.1) is 17.0 Å². The van der Waals surface area contributed by atoms with Gasteiger partial charge in [0.1, 0.15) is 0 Å². The summed E-state index contributed by atoms with van der Waals surface area (Å²) in [5.74, 6) is 0. The molecule has 9 heteroatoms. The molecule has 26 heavy (non-hydrogen) atoms. The third kappa shape index (κ3) is 3.67. The molecule has 1 aliphatic rings. The fourth-order valence-electron chi connectivity index (χ4n) is 3.05. The summed E-state index contributed by atoms with van der Waals surface area (Å²) in [6.07, 6.45) is 0. The van der Waals surface area contributed by atoms with Gasteiger partial charge in [0.25, 0.3) is 5.69 Å². The minimum atomic E-state index is -3.76. The highest BCUT2D eigenvalue weighted by Gasteiger charge is 2.29. The summed E-state index contributed by atoms with van der Waals surface area (Å²) in [6, 6.07) is 10.8. The molecule has 1 saturated heterocycles. The van der Waals surface area contributed by atoms with Crippen molar-refractivity contribution in [2.75, 3.05) is 31.1 Å². The molecular weight excluding hydrogens is 378 g/mol. The van der Waals surface area contributed by atoms with E-state index in [-0.39, 0.29) is 10.6 Å². The van der Waals surface area contributed by atoms with Gasteiger partial charge in [0.2, 0.25) is 10.0 Å². The number of piperazine rings is 1. The summed E-state index contributed by atoms with van der Waals surface area (Å²) in [6.45, 7) is 3.67. The van der Waals surface area contributed by atoms with Crippen LogP contribution in [0.25, 0.3) is 0 Å². The Bertz CT molecular complexity index is 941. The van der Waals surface area contributed by atoms with E-state index in [1.807, 2.05) is 25.1 Å². The van der Waals surface area contributed by atoms with Crippen molar-refractivity contribution in [1.82, 2.24) is 4.31 Å². The van der Waals surface area contributed by atoms with Crippen LogP contribution >= 0.6 is 11.6 Å². The molecule has 0 spiro atoms. The molecule has 0 aromatic heterocycles. The van der Waals surface area contributed by atoms with Gasteiger partial charge in [-0.05, 0) is 36.8 Å². The van der Waals surface area contributed by atoms with Gasteiger partial charge in [-0.3, -0.25) is 10.1 Å². The van der Waals surface area contributed by atoms with Gasteiger partial charge in [-0.15, -0.1) is 0 Å². The molecule has 2 aromatic rings. The number of rotatable bonds is 4. The van der Waals surface area contributed by atoms with Crippen LogP contribution in [0.2, 0.25) is 5.02 Å². The molecule has 0 amide bonds. The van der Waals surface area contributed by atoms with Crippen LogP contribution in [-0.4, -0.2) is 43.8 Å². The van der Waals surface area contributed by atoms with Gasteiger partial charge in [-0.1, -0.05) is 17.7 Å². The summed E-state index contributed by atoms with van der Waals surface area (Å²) in [7, 11) is -3.76. The Labute approximate surface area is 157 Å². The minimum Gasteiger partial charge on any atom is -0.369 e. The van der Waals surface area contributed by atoms with Crippen LogP contribution < -0.4 is 4.90 Å². The van der Waals surface area contributed by atoms with Crippen LogP contribution in [0.5, 0.6) is 0 Å². The van der Waals surface area contributed by atoms with Crippen molar-refractivity contribution < 1.29 is 13.3 Å². The standard InChI is InChI=1S/C17H18ClN3O4S/c1-13-11-14(18)5-6-17(13)19-7-9-20(10-8-19)26(24,25)16-4-2-3-15(12-16)21(22)23/h2-6,11-12H,7-10H2,1H3. The van der Waals surface area contributed by atoms with Crippen molar-refractivity contribution in [1.29, 1.82) is 0 Å². The van der Waals surface area contributed by atoms with Crippen molar-refractivity contribution in [3.05, 3.63) is 63.2 Å². The molecule has 138 valence electrons. The molecule has 0 N–H and O–H groups in total. The number of sulfonamides is 1. The lowest BCUT2D eigenvalue weighted by molar-refractivity contribution is -0.385. The molecule has 2 aromatic carbocycles. The number of hydrogen-bond acceptors (Lipinski definition) is 5. The smallest absolute Gasteiger partial charge is 0.270 e. The van der Waals surface area contributed by atoms with E-state index in [9.17, 15) is 18.5 Å². The molecule has 0 atom stereocenters. The number of nitro groups is 1. The molecule has 7 nitrogen and oxygen atoms in total. The number of benzene rings is 2. The highest BCUT2D eigenvalue weighted by Crippen LogP contribution is 2.27. The van der Waals surface area contributed by atoms with Crippen molar-refractivity contribution in [3.8, 4) is 0 Å². The van der Waals surface area contributed by atoms with Gasteiger partial charge < -0.3 is 4.90 Å². The molecule has 0 unspecified atom stereocenters. The molecular formula is C17H18ClN3O4S. The molecule has 3 rings (SSSR count). The molecule has 1 aliphatic heterocycles. The highest BCUT2D eigenvalue weighted by atomic mass is 35.5. The Kier molecular flexibility index (Phi) is 5.17. The lowest BCUT2D eigenvalue weighted by atomic mass is 10.1. The highest BCUT2D eigenvalue weighted by molar-refractivity contribution is 7.89. The van der Waals surface area contributed by atoms with Crippen LogP contribution in [0.3, 0.4) is 0 Å². The summed E-state index contributed by atoms with van der Waals surface area (Å²) in [4.78, 5) is 12.4. The number of anilines is 1. The van der Waals surface area contributed by atoms with Crippen LogP contribution in [0.1, 0.15) is 5.56 Å². The topological polar surface area (TPSA) is 83.8 Å². The third-order valence-corrected chi connectivity index (χ3v) is 6.53. The van der Waals surface area contributed by atoms with Crippen LogP contribution in [0.4, 0.5) is 11.4 Å². The first-order valence-corrected chi connectivity index (χ1v) is 9.86. The van der Waals surface area contributed by atoms with Gasteiger partial charge >= 0.3 is 0 Å². The first-order chi connectivity index (χ1) is 12.3. The number of non-ortho nitro benzene ring substituents is 1. The minimum absolute atomic E-state index is 0.0529. The van der Waals surface area contributed by atoms with Crippen molar-refractivity contribution in [2.45, 2.75) is 11.8 Å². The second-order valence-corrected chi connectivity index (χ2v) is 8.45. The van der Waals surface area contributed by atoms with E-state index in [1.165, 1.54) is 22.5 Å². The van der Waals surface area contributed by atoms with E-state index in [4.69, 9.17) is 11.6 Å². The van der Waals surface area contributed by atoms with Gasteiger partial charge in [0.15, 0.2) is 0 Å². The summed E-state index contributed by atoms with van der Waals surface area (Å²) in [5, 5.41) is 11.6. The zero-order valence-electron chi connectivity index (χ0n) is 14.1. The predicted molar refractivity (Wildman–Crippen MR) is 100 cm³/mol. The van der Waals surface area contributed by atoms with Crippen molar-refractivity contribution >= 4 is 33.0 Å². The zero-order chi connectivity index (χ0) is 18.9. The second-order valence-electron chi connectivity index (χ2n) is 6.08. The average molecular weight is 396 g/mol. The van der Waals surface area contributed by atoms with Gasteiger partial charge in [-0.2, -0.15) is 4.31 Å². The normalized spacial score (nSPS) is 15.8. The van der Waals surface area contributed by atoms with Crippen LogP contribution in [-0.2, 0) is 10.0 Å². The van der Waals surface area contributed by atoms with Crippen LogP contribution in [0.15, 0.2) is 47.4 Å². The molecule has 0 radical (unpaired) electrons. The molecule has 1 heterocycles. The number of halogens is 1. The summed E-state index contributed by atoms with van der Waals surface area (Å²) in [5.41, 5.74) is 1.83. The zero-order valence-corrected chi connectivity index (χ0v) is 15.7. The van der Waals surface area contributed by atoms with Crippen molar-refractivity contribution in [3.63, 3.8) is 0 Å². The second kappa shape index (κ2) is 7.22. The van der Waals surface area contributed by atoms with Gasteiger partial charge in [0.05, 0.1) is 9.82 Å². The van der Waals surface area contributed by atoms with Crippen molar-refractivity contribution in [2.24, 2.45) is 0 Å². The number of nitrogens with zero attached hydrogens (tertiary/aromatic N) is 3. The summed E-state index contributed by atoms with van der Waals surface area (Å²) < 4.78 is 26.9. The third-order valence-electron chi connectivity index (χ3n) is 4.40. The number of nitro benzene ring substituents is 1. The van der Waals surface area contributed by atoms with E-state index in [0.717, 1.165) is 17.3 Å². The number of aryl methyl sites for hydroxylation is 1. The van der Waals surface area contributed by atoms with E-state index in [0.29, 0.717) is 31.2 Å². The Morgan fingerprint density at radius 2 is 1.77 bits per heavy atom. The van der Waals surface area contributed by atoms with Gasteiger partial charge in [-0.25, -0.2) is 8.42 Å². The lowest BCUT2D eigenvalue weighted by Gasteiger charge is -2.36. The van der Waals surface area contributed by atoms with E-state index in [1.54, 1.807) is 0 Å². The maximum atomic E-state index is 12.8. The molecule has 0 saturated carbocycles. The van der Waals surface area contributed by atoms with E-state index < -0.39 is 14.9 Å². The quantitative estimate of drug-likeness (QED) is 0.586. The predicted octanol–water partition coefficient (Wildman–Crippen LogP) is 3.07. The largest absolute Gasteiger partial charge is 0.369 e. The summed E-state index contributed by atoms with van der Waals surface area (Å²) >= 11 is 5.99. The maximum Gasteiger partial charge on any atom is 0.270 e. The first kappa shape index (κ1) is 18.6. The fraction of sp³-hybridized carbons (Fsp3) is 0.294. The fourth-order valence-corrected chi connectivity index (χ4v) is 4.74. The maximum absolute atomic E-state index is 12.8. The van der Waals surface area contributed by atoms with E-state index >= 15 is 0 Å². The van der Waals surface area contributed by atoms with Gasteiger partial charge in [0, 0.05) is 49.0 Å². The lowest BCUT2D eigenvalue weighted by Crippen LogP contribution is -2.48. The molecule has 1 fully saturated rings. The SMILES string of the molecule is Cc1cc(Cl)ccc1N1CCN(S(=O)(=O)c2cccc([N+](=O)[O-])c2)CC1. The van der Waals surface area contributed by atoms with E-state index in [2.05, 4.69) is 4.90 Å². The Balaban J connectivity index is 1.76.